The molecule has 2 unspecified atom stereocenters. The van der Waals surface area contributed by atoms with E-state index in [9.17, 15) is 57.9 Å². The maximum Gasteiger partial charge on any atom is 0.481 e. The second kappa shape index (κ2) is 22.7. The van der Waals surface area contributed by atoms with Gasteiger partial charge in [-0.05, 0) is 6.42 Å². The molecule has 3 heterocycles. The molecule has 0 spiro atoms. The van der Waals surface area contributed by atoms with Gasteiger partial charge in [0.1, 0.15) is 36.3 Å². The standard InChI is InChI=1S/C28H48N7O17P3S.Li/c1-4-5-6-7-8-19(37)56-12-11-30-18(36)9-10-31-26(40)23(39)28(2,3)14-49-55(46,47)52-54(44,45)48-13-17-22(51-53(41,42)43)21(38)27(50-17)35-16-34-20-24(29)32-15-33-25(20)35;/h15-17,21-23,27,38-39H,4-14H2,1-3H3,(H,30,36)(H,31,40)(H,44,45)(H,46,47)(H2,29,32,33)(H2,41,42,43);/t17-,21-,22-,23+,27-;/m1./s1. The quantitative estimate of drug-likeness (QED) is 0.0387. The number of ether oxygens (including phenoxy) is 1. The minimum Gasteiger partial charge on any atom is -0.386 e. The molecule has 0 aromatic carbocycles. The SMILES string of the molecule is CCCCCCC(=O)SCCNC(=O)CCNC(=O)[C@H](O)C(C)(C)COP(=O)(O)OP(=O)(O)OC[C@H]1O[C@@H](n2cnc3c(N)ncnc32)[C@H](O)[C@@H]1OP(=O)(O)O.[Li]. The number of nitrogens with two attached hydrogens (primary N) is 1. The number of phosphoric acid groups is 3. The first-order chi connectivity index (χ1) is 26.1. The summed E-state index contributed by atoms with van der Waals surface area (Å²) in [5.74, 6) is -1.04. The second-order valence-electron chi connectivity index (χ2n) is 13.1. The van der Waals surface area contributed by atoms with E-state index in [1.165, 1.54) is 13.8 Å². The molecule has 0 saturated carbocycles. The zero-order valence-electron chi connectivity index (χ0n) is 31.6. The number of nitrogens with one attached hydrogen (secondary N) is 2. The number of carbonyl (C=O) groups is 3. The van der Waals surface area contributed by atoms with Gasteiger partial charge in [-0.25, -0.2) is 28.6 Å². The van der Waals surface area contributed by atoms with Crippen molar-refractivity contribution >= 4 is 88.0 Å². The predicted octanol–water partition coefficient (Wildman–Crippen LogP) is 0.254. The molecule has 1 saturated heterocycles. The van der Waals surface area contributed by atoms with Gasteiger partial charge < -0.3 is 50.9 Å². The third-order valence-electron chi connectivity index (χ3n) is 8.00. The molecular weight excluding hydrogens is 838 g/mol. The van der Waals surface area contributed by atoms with E-state index in [0.29, 0.717) is 12.2 Å². The van der Waals surface area contributed by atoms with Crippen LogP contribution in [0.25, 0.3) is 11.2 Å². The number of aliphatic hydroxyl groups is 2. The van der Waals surface area contributed by atoms with Crippen LogP contribution in [0.3, 0.4) is 0 Å². The Morgan fingerprint density at radius 2 is 1.70 bits per heavy atom. The Balaban J connectivity index is 0.0000112. The van der Waals surface area contributed by atoms with Crippen molar-refractivity contribution in [3.8, 4) is 0 Å². The summed E-state index contributed by atoms with van der Waals surface area (Å²) >= 11 is 1.13. The van der Waals surface area contributed by atoms with Gasteiger partial charge in [-0.1, -0.05) is 51.8 Å². The molecule has 3 rings (SSSR count). The van der Waals surface area contributed by atoms with Gasteiger partial charge in [0, 0.05) is 56.0 Å². The minimum absolute atomic E-state index is 0. The average Bonchev–Trinajstić information content (AvgIpc) is 3.66. The smallest absolute Gasteiger partial charge is 0.386 e. The van der Waals surface area contributed by atoms with Crippen molar-refractivity contribution in [2.45, 2.75) is 89.9 Å². The number of imidazole rings is 1. The van der Waals surface area contributed by atoms with Crippen molar-refractivity contribution in [1.82, 2.24) is 30.2 Å². The van der Waals surface area contributed by atoms with E-state index in [1.54, 1.807) is 0 Å². The number of unbranched alkanes of at least 4 members (excludes halogenated alkanes) is 3. The third kappa shape index (κ3) is 16.6. The molecule has 1 fully saturated rings. The summed E-state index contributed by atoms with van der Waals surface area (Å²) in [6.07, 6.45) is -2.45. The van der Waals surface area contributed by atoms with Crippen LogP contribution < -0.4 is 16.4 Å². The molecule has 2 aromatic heterocycles. The van der Waals surface area contributed by atoms with Crippen LogP contribution >= 0.6 is 35.2 Å². The Bertz CT molecular complexity index is 1810. The van der Waals surface area contributed by atoms with Gasteiger partial charge in [0.25, 0.3) is 0 Å². The van der Waals surface area contributed by atoms with E-state index >= 15 is 0 Å². The van der Waals surface area contributed by atoms with Crippen LogP contribution in [0.2, 0.25) is 0 Å². The molecule has 0 bridgehead atoms. The summed E-state index contributed by atoms with van der Waals surface area (Å²) in [7, 11) is -16.4. The number of aromatic nitrogens is 4. The predicted molar refractivity (Wildman–Crippen MR) is 202 cm³/mol. The van der Waals surface area contributed by atoms with E-state index in [-0.39, 0.29) is 60.5 Å². The Kier molecular flexibility index (Phi) is 20.4. The molecule has 319 valence electrons. The Morgan fingerprint density at radius 1 is 1.02 bits per heavy atom. The monoisotopic (exact) mass is 886 g/mol. The normalized spacial score (nSPS) is 21.3. The molecule has 57 heavy (non-hydrogen) atoms. The minimum atomic E-state index is -5.56. The van der Waals surface area contributed by atoms with Crippen molar-refractivity contribution in [2.24, 2.45) is 5.41 Å². The number of nitrogen functional groups attached to an aromatic ring is 1. The van der Waals surface area contributed by atoms with E-state index in [1.807, 2.05) is 0 Å². The number of hydrogen-bond donors (Lipinski definition) is 9. The Labute approximate surface area is 343 Å². The van der Waals surface area contributed by atoms with Crippen LogP contribution in [0.15, 0.2) is 12.7 Å². The zero-order chi connectivity index (χ0) is 41.9. The average molecular weight is 887 g/mol. The molecule has 29 heteroatoms. The number of fused-ring (bicyclic) bond motifs is 1. The molecule has 1 radical (unpaired) electrons. The van der Waals surface area contributed by atoms with Crippen molar-refractivity contribution < 1.29 is 80.5 Å². The molecule has 0 aliphatic carbocycles. The number of anilines is 1. The number of rotatable bonds is 24. The van der Waals surface area contributed by atoms with Crippen LogP contribution in [0.5, 0.6) is 0 Å². The number of hydrogen-bond acceptors (Lipinski definition) is 18. The first-order valence-corrected chi connectivity index (χ1v) is 22.6. The molecule has 2 amide bonds. The second-order valence-corrected chi connectivity index (χ2v) is 18.5. The zero-order valence-corrected chi connectivity index (χ0v) is 35.1. The van der Waals surface area contributed by atoms with Gasteiger partial charge in [0.05, 0.1) is 19.5 Å². The van der Waals surface area contributed by atoms with Gasteiger partial charge in [-0.2, -0.15) is 4.31 Å². The summed E-state index contributed by atoms with van der Waals surface area (Å²) < 4.78 is 62.1. The molecule has 1 aliphatic heterocycles. The number of phosphoric ester groups is 3. The summed E-state index contributed by atoms with van der Waals surface area (Å²) in [6, 6.07) is 0. The number of carbonyl (C=O) groups excluding carboxylic acids is 3. The van der Waals surface area contributed by atoms with Gasteiger partial charge in [-0.15, -0.1) is 0 Å². The van der Waals surface area contributed by atoms with Gasteiger partial charge in [0.2, 0.25) is 11.8 Å². The molecule has 7 atom stereocenters. The van der Waals surface area contributed by atoms with E-state index in [4.69, 9.17) is 19.5 Å². The number of amides is 2. The maximum atomic E-state index is 12.7. The summed E-state index contributed by atoms with van der Waals surface area (Å²) in [6.45, 7) is 2.64. The van der Waals surface area contributed by atoms with Crippen molar-refractivity contribution in [1.29, 1.82) is 0 Å². The van der Waals surface area contributed by atoms with E-state index < -0.39 is 84.6 Å². The first-order valence-electron chi connectivity index (χ1n) is 17.1. The largest absolute Gasteiger partial charge is 0.481 e. The number of thioether (sulfide) groups is 1. The molecule has 1 aliphatic rings. The van der Waals surface area contributed by atoms with E-state index in [2.05, 4.69) is 41.3 Å². The van der Waals surface area contributed by atoms with Crippen molar-refractivity contribution in [2.75, 3.05) is 37.8 Å². The molecule has 2 aromatic rings. The van der Waals surface area contributed by atoms with Crippen LogP contribution in [0, 0.1) is 5.41 Å². The van der Waals surface area contributed by atoms with E-state index in [0.717, 1.165) is 54.7 Å². The molecule has 10 N–H and O–H groups in total. The fourth-order valence-electron chi connectivity index (χ4n) is 5.06. The maximum absolute atomic E-state index is 12.7. The van der Waals surface area contributed by atoms with Crippen LogP contribution in [0.4, 0.5) is 5.82 Å². The van der Waals surface area contributed by atoms with Crippen LogP contribution in [0.1, 0.15) is 65.5 Å². The summed E-state index contributed by atoms with van der Waals surface area (Å²) in [4.78, 5) is 87.5. The van der Waals surface area contributed by atoms with Gasteiger partial charge in [-0.3, -0.25) is 32.5 Å². The Hall–Kier alpha value is -1.84. The topological polar surface area (TPSA) is 364 Å². The first kappa shape index (κ1) is 51.3. The van der Waals surface area contributed by atoms with Crippen LogP contribution in [-0.4, -0.2) is 142 Å². The number of aliphatic hydroxyl groups excluding tert-OH is 2. The number of nitrogens with zero attached hydrogens (tertiary/aromatic N) is 4. The van der Waals surface area contributed by atoms with Crippen molar-refractivity contribution in [3.05, 3.63) is 12.7 Å². The summed E-state index contributed by atoms with van der Waals surface area (Å²) in [5.41, 5.74) is 4.27. The fourth-order valence-corrected chi connectivity index (χ4v) is 8.61. The fraction of sp³-hybridized carbons (Fsp3) is 0.714. The van der Waals surface area contributed by atoms with Crippen molar-refractivity contribution in [3.63, 3.8) is 0 Å². The summed E-state index contributed by atoms with van der Waals surface area (Å²) in [5, 5.41) is 26.4. The van der Waals surface area contributed by atoms with Crippen LogP contribution in [-0.2, 0) is 50.7 Å². The third-order valence-corrected chi connectivity index (χ3v) is 12.0. The Morgan fingerprint density at radius 3 is 2.37 bits per heavy atom. The van der Waals surface area contributed by atoms with Gasteiger partial charge >= 0.3 is 23.5 Å². The molecule has 24 nitrogen and oxygen atoms in total. The van der Waals surface area contributed by atoms with Gasteiger partial charge in [0.15, 0.2) is 22.8 Å². The molecular formula is C28H48LiN7O17P3S.